The zero-order chi connectivity index (χ0) is 21.6. The van der Waals surface area contributed by atoms with E-state index in [1.165, 1.54) is 5.56 Å². The second-order valence-corrected chi connectivity index (χ2v) is 8.62. The summed E-state index contributed by atoms with van der Waals surface area (Å²) >= 11 is 1.60. The normalized spacial score (nSPS) is 14.5. The maximum Gasteiger partial charge on any atom is 0.257 e. The van der Waals surface area contributed by atoms with E-state index in [4.69, 9.17) is 9.47 Å². The summed E-state index contributed by atoms with van der Waals surface area (Å²) in [5.41, 5.74) is 2.74. The maximum absolute atomic E-state index is 13.2. The number of methoxy groups -OCH3 is 1. The van der Waals surface area contributed by atoms with Crippen LogP contribution in [0.4, 0.5) is 0 Å². The van der Waals surface area contributed by atoms with Gasteiger partial charge in [-0.3, -0.25) is 9.69 Å². The number of rotatable bonds is 7. The number of aryl methyl sites for hydroxylation is 1. The summed E-state index contributed by atoms with van der Waals surface area (Å²) in [6.07, 6.45) is 0. The molecule has 31 heavy (non-hydrogen) atoms. The molecule has 1 aliphatic heterocycles. The van der Waals surface area contributed by atoms with Crippen LogP contribution in [0.2, 0.25) is 0 Å². The molecule has 0 bridgehead atoms. The summed E-state index contributed by atoms with van der Waals surface area (Å²) in [6.45, 7) is 6.31. The van der Waals surface area contributed by atoms with E-state index >= 15 is 0 Å². The van der Waals surface area contributed by atoms with E-state index in [0.29, 0.717) is 31.0 Å². The van der Waals surface area contributed by atoms with E-state index in [1.54, 1.807) is 18.4 Å². The molecule has 2 aromatic carbocycles. The van der Waals surface area contributed by atoms with E-state index in [-0.39, 0.29) is 5.91 Å². The van der Waals surface area contributed by atoms with Gasteiger partial charge in [-0.05, 0) is 36.8 Å². The third-order valence-corrected chi connectivity index (χ3v) is 6.21. The van der Waals surface area contributed by atoms with Crippen LogP contribution in [0, 0.1) is 6.92 Å². The van der Waals surface area contributed by atoms with E-state index in [0.717, 1.165) is 36.1 Å². The lowest BCUT2D eigenvalue weighted by molar-refractivity contribution is 0.0624. The minimum absolute atomic E-state index is 0.0224. The number of amides is 1. The molecule has 0 atom stereocenters. The molecule has 0 aliphatic carbocycles. The van der Waals surface area contributed by atoms with Crippen molar-refractivity contribution in [1.29, 1.82) is 0 Å². The largest absolute Gasteiger partial charge is 0.497 e. The molecule has 0 radical (unpaired) electrons. The molecular weight excluding hydrogens is 410 g/mol. The van der Waals surface area contributed by atoms with Crippen LogP contribution in [-0.4, -0.2) is 54.0 Å². The van der Waals surface area contributed by atoms with Crippen molar-refractivity contribution in [2.45, 2.75) is 20.1 Å². The van der Waals surface area contributed by atoms with E-state index < -0.39 is 0 Å². The highest BCUT2D eigenvalue weighted by Gasteiger charge is 2.24. The first-order valence-electron chi connectivity index (χ1n) is 10.4. The van der Waals surface area contributed by atoms with Gasteiger partial charge in [0.15, 0.2) is 0 Å². The molecule has 2 heterocycles. The molecule has 1 fully saturated rings. The minimum Gasteiger partial charge on any atom is -0.497 e. The fourth-order valence-electron chi connectivity index (χ4n) is 3.66. The minimum atomic E-state index is 0.0224. The number of piperazine rings is 1. The SMILES string of the molecule is COc1ccc(CN2CCN(C(=O)c3ccccc3OCc3csc(C)n3)CC2)cc1. The third kappa shape index (κ3) is 5.42. The van der Waals surface area contributed by atoms with Crippen molar-refractivity contribution in [3.05, 3.63) is 75.7 Å². The molecule has 7 heteroatoms. The second kappa shape index (κ2) is 9.94. The van der Waals surface area contributed by atoms with Crippen molar-refractivity contribution in [1.82, 2.24) is 14.8 Å². The van der Waals surface area contributed by atoms with Gasteiger partial charge in [0.2, 0.25) is 0 Å². The lowest BCUT2D eigenvalue weighted by atomic mass is 10.1. The molecule has 162 valence electrons. The van der Waals surface area contributed by atoms with Gasteiger partial charge in [-0.25, -0.2) is 4.98 Å². The molecule has 6 nitrogen and oxygen atoms in total. The molecule has 0 saturated carbocycles. The number of para-hydroxylation sites is 1. The highest BCUT2D eigenvalue weighted by Crippen LogP contribution is 2.23. The molecule has 1 amide bonds. The lowest BCUT2D eigenvalue weighted by Crippen LogP contribution is -2.48. The van der Waals surface area contributed by atoms with Crippen LogP contribution in [0.5, 0.6) is 11.5 Å². The van der Waals surface area contributed by atoms with Crippen LogP contribution < -0.4 is 9.47 Å². The standard InChI is InChI=1S/C24H27N3O3S/c1-18-25-20(17-31-18)16-30-23-6-4-3-5-22(23)24(28)27-13-11-26(12-14-27)15-19-7-9-21(29-2)10-8-19/h3-10,17H,11-16H2,1-2H3. The predicted molar refractivity (Wildman–Crippen MR) is 122 cm³/mol. The molecular formula is C24H27N3O3S. The Morgan fingerprint density at radius 2 is 1.81 bits per heavy atom. The molecule has 1 aromatic heterocycles. The number of carbonyl (C=O) groups excluding carboxylic acids is 1. The van der Waals surface area contributed by atoms with Crippen molar-refractivity contribution >= 4 is 17.2 Å². The zero-order valence-electron chi connectivity index (χ0n) is 17.9. The number of ether oxygens (including phenoxy) is 2. The van der Waals surface area contributed by atoms with Crippen LogP contribution in [0.3, 0.4) is 0 Å². The van der Waals surface area contributed by atoms with Crippen molar-refractivity contribution in [3.8, 4) is 11.5 Å². The summed E-state index contributed by atoms with van der Waals surface area (Å²) in [5.74, 6) is 1.50. The van der Waals surface area contributed by atoms with Gasteiger partial charge in [0.25, 0.3) is 5.91 Å². The van der Waals surface area contributed by atoms with Gasteiger partial charge in [-0.15, -0.1) is 11.3 Å². The smallest absolute Gasteiger partial charge is 0.257 e. The van der Waals surface area contributed by atoms with Crippen molar-refractivity contribution in [3.63, 3.8) is 0 Å². The van der Waals surface area contributed by atoms with Crippen molar-refractivity contribution in [2.75, 3.05) is 33.3 Å². The van der Waals surface area contributed by atoms with Crippen LogP contribution in [0.25, 0.3) is 0 Å². The van der Waals surface area contributed by atoms with Crippen LogP contribution >= 0.6 is 11.3 Å². The molecule has 1 aliphatic rings. The summed E-state index contributed by atoms with van der Waals surface area (Å²) in [5, 5.41) is 3.00. The second-order valence-electron chi connectivity index (χ2n) is 7.56. The average molecular weight is 438 g/mol. The summed E-state index contributed by atoms with van der Waals surface area (Å²) in [6, 6.07) is 15.6. The molecule has 3 aromatic rings. The van der Waals surface area contributed by atoms with Crippen molar-refractivity contribution in [2.24, 2.45) is 0 Å². The fraction of sp³-hybridized carbons (Fsp3) is 0.333. The van der Waals surface area contributed by atoms with Crippen LogP contribution in [-0.2, 0) is 13.2 Å². The first-order valence-corrected chi connectivity index (χ1v) is 11.3. The zero-order valence-corrected chi connectivity index (χ0v) is 18.7. The Labute approximate surface area is 187 Å². The Morgan fingerprint density at radius 1 is 1.06 bits per heavy atom. The molecule has 0 spiro atoms. The van der Waals surface area contributed by atoms with Gasteiger partial charge in [0, 0.05) is 38.1 Å². The highest BCUT2D eigenvalue weighted by atomic mass is 32.1. The van der Waals surface area contributed by atoms with Gasteiger partial charge in [-0.1, -0.05) is 24.3 Å². The number of thiazole rings is 1. The van der Waals surface area contributed by atoms with Crippen LogP contribution in [0.1, 0.15) is 26.6 Å². The van der Waals surface area contributed by atoms with Gasteiger partial charge in [0.1, 0.15) is 18.1 Å². The average Bonchev–Trinajstić information content (AvgIpc) is 3.23. The number of benzene rings is 2. The molecule has 0 N–H and O–H groups in total. The third-order valence-electron chi connectivity index (χ3n) is 5.38. The summed E-state index contributed by atoms with van der Waals surface area (Å²) in [7, 11) is 1.67. The maximum atomic E-state index is 13.2. The van der Waals surface area contributed by atoms with Gasteiger partial charge in [-0.2, -0.15) is 0 Å². The number of aromatic nitrogens is 1. The molecule has 4 rings (SSSR count). The van der Waals surface area contributed by atoms with Gasteiger partial charge >= 0.3 is 0 Å². The van der Waals surface area contributed by atoms with Crippen molar-refractivity contribution < 1.29 is 14.3 Å². The lowest BCUT2D eigenvalue weighted by Gasteiger charge is -2.35. The Hall–Kier alpha value is -2.90. The Bertz CT molecular complexity index is 1010. The van der Waals surface area contributed by atoms with E-state index in [1.807, 2.05) is 53.6 Å². The molecule has 0 unspecified atom stereocenters. The van der Waals surface area contributed by atoms with E-state index in [9.17, 15) is 4.79 Å². The van der Waals surface area contributed by atoms with Gasteiger partial charge < -0.3 is 14.4 Å². The quantitative estimate of drug-likeness (QED) is 0.559. The number of hydrogen-bond acceptors (Lipinski definition) is 6. The first kappa shape index (κ1) is 21.3. The Morgan fingerprint density at radius 3 is 2.48 bits per heavy atom. The molecule has 1 saturated heterocycles. The fourth-order valence-corrected chi connectivity index (χ4v) is 4.26. The van der Waals surface area contributed by atoms with Gasteiger partial charge in [0.05, 0.1) is 23.4 Å². The first-order chi connectivity index (χ1) is 15.1. The highest BCUT2D eigenvalue weighted by molar-refractivity contribution is 7.09. The Kier molecular flexibility index (Phi) is 6.84. The number of hydrogen-bond donors (Lipinski definition) is 0. The monoisotopic (exact) mass is 437 g/mol. The Balaban J connectivity index is 1.34. The summed E-state index contributed by atoms with van der Waals surface area (Å²) in [4.78, 5) is 21.9. The number of carbonyl (C=O) groups is 1. The number of nitrogens with zero attached hydrogens (tertiary/aromatic N) is 3. The predicted octanol–water partition coefficient (Wildman–Crippen LogP) is 4.00. The topological polar surface area (TPSA) is 54.9 Å². The van der Waals surface area contributed by atoms with Crippen LogP contribution in [0.15, 0.2) is 53.9 Å². The van der Waals surface area contributed by atoms with E-state index in [2.05, 4.69) is 22.0 Å². The summed E-state index contributed by atoms with van der Waals surface area (Å²) < 4.78 is 11.2.